The summed E-state index contributed by atoms with van der Waals surface area (Å²) in [6, 6.07) is 8.37. The van der Waals surface area contributed by atoms with Gasteiger partial charge in [0.15, 0.2) is 0 Å². The van der Waals surface area contributed by atoms with Crippen molar-refractivity contribution in [1.29, 1.82) is 0 Å². The Labute approximate surface area is 123 Å². The van der Waals surface area contributed by atoms with Crippen molar-refractivity contribution >= 4 is 44.8 Å². The second-order valence-corrected chi connectivity index (χ2v) is 4.95. The first-order valence-electron chi connectivity index (χ1n) is 5.29. The number of halogens is 2. The topological polar surface area (TPSA) is 80.0 Å². The largest absolute Gasteiger partial charge is 0.323 e. The minimum absolute atomic E-state index is 0.283. The number of hydrogen-bond donors (Lipinski definition) is 3. The van der Waals surface area contributed by atoms with Gasteiger partial charge in [-0.05, 0) is 46.3 Å². The van der Waals surface area contributed by atoms with Gasteiger partial charge in [0.25, 0.3) is 5.91 Å². The van der Waals surface area contributed by atoms with Crippen molar-refractivity contribution in [2.75, 3.05) is 10.7 Å². The van der Waals surface area contributed by atoms with Crippen LogP contribution >= 0.6 is 27.5 Å². The third kappa shape index (κ3) is 3.44. The van der Waals surface area contributed by atoms with Gasteiger partial charge in [0, 0.05) is 9.50 Å². The summed E-state index contributed by atoms with van der Waals surface area (Å²) in [5.41, 5.74) is 3.93. The van der Waals surface area contributed by atoms with Crippen LogP contribution < -0.4 is 16.6 Å². The van der Waals surface area contributed by atoms with Crippen molar-refractivity contribution in [3.63, 3.8) is 0 Å². The third-order valence-corrected chi connectivity index (χ3v) is 3.27. The minimum atomic E-state index is -0.327. The lowest BCUT2D eigenvalue weighted by atomic mass is 10.3. The van der Waals surface area contributed by atoms with Crippen LogP contribution in [0.5, 0.6) is 0 Å². The first-order chi connectivity index (χ1) is 9.10. The predicted molar refractivity (Wildman–Crippen MR) is 79.2 cm³/mol. The van der Waals surface area contributed by atoms with Crippen molar-refractivity contribution < 1.29 is 4.79 Å². The van der Waals surface area contributed by atoms with Gasteiger partial charge in [0.2, 0.25) is 0 Å². The second kappa shape index (κ2) is 6.01. The molecule has 0 bridgehead atoms. The van der Waals surface area contributed by atoms with E-state index < -0.39 is 0 Å². The monoisotopic (exact) mass is 340 g/mol. The highest BCUT2D eigenvalue weighted by atomic mass is 79.9. The predicted octanol–water partition coefficient (Wildman–Crippen LogP) is 3.04. The lowest BCUT2D eigenvalue weighted by Crippen LogP contribution is -2.14. The molecule has 1 heterocycles. The van der Waals surface area contributed by atoms with Gasteiger partial charge in [-0.3, -0.25) is 10.6 Å². The Morgan fingerprint density at radius 2 is 2.11 bits per heavy atom. The molecule has 0 unspecified atom stereocenters. The molecule has 1 amide bonds. The van der Waals surface area contributed by atoms with E-state index in [-0.39, 0.29) is 11.6 Å². The summed E-state index contributed by atoms with van der Waals surface area (Å²) < 4.78 is 0.741. The number of carbonyl (C=O) groups excluding carboxylic acids is 1. The molecule has 1 aromatic heterocycles. The molecule has 0 aliphatic rings. The summed E-state index contributed by atoms with van der Waals surface area (Å²) in [5, 5.41) is 3.26. The van der Waals surface area contributed by atoms with E-state index in [1.165, 1.54) is 6.20 Å². The number of aromatic nitrogens is 1. The highest BCUT2D eigenvalue weighted by molar-refractivity contribution is 9.10. The smallest absolute Gasteiger partial charge is 0.274 e. The molecule has 0 aliphatic heterocycles. The number of nitrogens with two attached hydrogens (primary N) is 1. The van der Waals surface area contributed by atoms with Crippen LogP contribution in [0, 0.1) is 0 Å². The fraction of sp³-hybridized carbons (Fsp3) is 0. The zero-order valence-corrected chi connectivity index (χ0v) is 12.0. The van der Waals surface area contributed by atoms with E-state index in [1.54, 1.807) is 30.3 Å². The molecule has 0 saturated carbocycles. The van der Waals surface area contributed by atoms with E-state index in [0.717, 1.165) is 4.47 Å². The lowest BCUT2D eigenvalue weighted by molar-refractivity contribution is 0.102. The number of pyridine rings is 1. The van der Waals surface area contributed by atoms with E-state index in [9.17, 15) is 4.79 Å². The molecule has 1 aromatic carbocycles. The van der Waals surface area contributed by atoms with Crippen LogP contribution in [-0.2, 0) is 0 Å². The summed E-state index contributed by atoms with van der Waals surface area (Å²) in [6.07, 6.45) is 1.47. The van der Waals surface area contributed by atoms with Crippen molar-refractivity contribution in [2.24, 2.45) is 5.84 Å². The molecule has 4 N–H and O–H groups in total. The zero-order chi connectivity index (χ0) is 13.8. The molecule has 2 rings (SSSR count). The molecular weight excluding hydrogens is 332 g/mol. The van der Waals surface area contributed by atoms with Crippen LogP contribution in [0.25, 0.3) is 0 Å². The number of benzene rings is 1. The summed E-state index contributed by atoms with van der Waals surface area (Å²) in [6.45, 7) is 0. The molecule has 0 atom stereocenters. The Hall–Kier alpha value is -1.63. The Kier molecular flexibility index (Phi) is 4.36. The number of hydrazine groups is 1. The maximum atomic E-state index is 12.0. The molecule has 0 fully saturated rings. The van der Waals surface area contributed by atoms with Gasteiger partial charge in [-0.25, -0.2) is 4.98 Å². The highest BCUT2D eigenvalue weighted by Gasteiger charge is 2.10. The standard InChI is InChI=1S/C12H10BrClN4O/c13-9-3-1-7(14)5-11(9)17-12(19)10-4-2-8(18-15)6-16-10/h1-6,18H,15H2,(H,17,19). The van der Waals surface area contributed by atoms with Gasteiger partial charge < -0.3 is 10.7 Å². The average Bonchev–Trinajstić information content (AvgIpc) is 2.43. The van der Waals surface area contributed by atoms with Crippen molar-refractivity contribution in [1.82, 2.24) is 4.98 Å². The van der Waals surface area contributed by atoms with Gasteiger partial charge in [-0.15, -0.1) is 0 Å². The molecule has 0 aliphatic carbocycles. The third-order valence-electron chi connectivity index (χ3n) is 2.34. The Balaban J connectivity index is 2.18. The van der Waals surface area contributed by atoms with Crippen LogP contribution in [0.4, 0.5) is 11.4 Å². The number of amides is 1. The number of nitrogens with zero attached hydrogens (tertiary/aromatic N) is 1. The number of nitrogen functional groups attached to an aromatic ring is 1. The van der Waals surface area contributed by atoms with Crippen LogP contribution in [0.1, 0.15) is 10.5 Å². The molecular formula is C12H10BrClN4O. The van der Waals surface area contributed by atoms with Gasteiger partial charge in [0.05, 0.1) is 17.6 Å². The van der Waals surface area contributed by atoms with Crippen LogP contribution in [0.2, 0.25) is 5.02 Å². The number of carbonyl (C=O) groups is 1. The Morgan fingerprint density at radius 3 is 2.74 bits per heavy atom. The Bertz CT molecular complexity index is 603. The minimum Gasteiger partial charge on any atom is -0.323 e. The normalized spacial score (nSPS) is 10.1. The van der Waals surface area contributed by atoms with Gasteiger partial charge >= 0.3 is 0 Å². The SMILES string of the molecule is NNc1ccc(C(=O)Nc2cc(Cl)ccc2Br)nc1. The summed E-state index contributed by atoms with van der Waals surface area (Å²) in [7, 11) is 0. The van der Waals surface area contributed by atoms with Crippen LogP contribution in [0.3, 0.4) is 0 Å². The number of rotatable bonds is 3. The van der Waals surface area contributed by atoms with Crippen molar-refractivity contribution in [3.05, 3.63) is 51.7 Å². The maximum absolute atomic E-state index is 12.0. The summed E-state index contributed by atoms with van der Waals surface area (Å²) in [5.74, 6) is 4.90. The zero-order valence-electron chi connectivity index (χ0n) is 9.65. The summed E-state index contributed by atoms with van der Waals surface area (Å²) in [4.78, 5) is 16.0. The van der Waals surface area contributed by atoms with Crippen molar-refractivity contribution in [2.45, 2.75) is 0 Å². The number of hydrogen-bond acceptors (Lipinski definition) is 4. The number of anilines is 2. The first-order valence-corrected chi connectivity index (χ1v) is 6.46. The molecule has 0 saturated heterocycles. The van der Waals surface area contributed by atoms with Gasteiger partial charge in [-0.1, -0.05) is 11.6 Å². The second-order valence-electron chi connectivity index (χ2n) is 3.65. The molecule has 7 heteroatoms. The fourth-order valence-corrected chi connectivity index (χ4v) is 1.91. The van der Waals surface area contributed by atoms with E-state index in [1.807, 2.05) is 0 Å². The lowest BCUT2D eigenvalue weighted by Gasteiger charge is -2.07. The van der Waals surface area contributed by atoms with E-state index in [0.29, 0.717) is 16.4 Å². The van der Waals surface area contributed by atoms with Crippen LogP contribution in [-0.4, -0.2) is 10.9 Å². The molecule has 98 valence electrons. The van der Waals surface area contributed by atoms with E-state index >= 15 is 0 Å². The average molecular weight is 342 g/mol. The maximum Gasteiger partial charge on any atom is 0.274 e. The molecule has 2 aromatic rings. The summed E-state index contributed by atoms with van der Waals surface area (Å²) >= 11 is 9.21. The molecule has 5 nitrogen and oxygen atoms in total. The van der Waals surface area contributed by atoms with Gasteiger partial charge in [-0.2, -0.15) is 0 Å². The van der Waals surface area contributed by atoms with Crippen LogP contribution in [0.15, 0.2) is 41.0 Å². The first kappa shape index (κ1) is 13.8. The number of nitrogens with one attached hydrogen (secondary N) is 2. The van der Waals surface area contributed by atoms with E-state index in [4.69, 9.17) is 17.4 Å². The van der Waals surface area contributed by atoms with E-state index in [2.05, 4.69) is 31.7 Å². The van der Waals surface area contributed by atoms with Crippen molar-refractivity contribution in [3.8, 4) is 0 Å². The highest BCUT2D eigenvalue weighted by Crippen LogP contribution is 2.26. The fourth-order valence-electron chi connectivity index (χ4n) is 1.39. The Morgan fingerprint density at radius 1 is 1.32 bits per heavy atom. The molecule has 19 heavy (non-hydrogen) atoms. The van der Waals surface area contributed by atoms with Gasteiger partial charge in [0.1, 0.15) is 5.69 Å². The quantitative estimate of drug-likeness (QED) is 0.592. The molecule has 0 spiro atoms. The molecule has 0 radical (unpaired) electrons.